The quantitative estimate of drug-likeness (QED) is 0.855. The van der Waals surface area contributed by atoms with E-state index in [0.717, 1.165) is 0 Å². The van der Waals surface area contributed by atoms with Crippen molar-refractivity contribution in [3.05, 3.63) is 59.7 Å². The van der Waals surface area contributed by atoms with E-state index < -0.39 is 5.82 Å². The van der Waals surface area contributed by atoms with Gasteiger partial charge in [-0.1, -0.05) is 11.8 Å². The van der Waals surface area contributed by atoms with Crippen LogP contribution in [0.3, 0.4) is 0 Å². The summed E-state index contributed by atoms with van der Waals surface area (Å²) in [7, 11) is 1.60. The van der Waals surface area contributed by atoms with E-state index in [1.807, 2.05) is 0 Å². The molecule has 0 aliphatic rings. The lowest BCUT2D eigenvalue weighted by Gasteiger charge is -2.17. The van der Waals surface area contributed by atoms with Gasteiger partial charge in [0.1, 0.15) is 5.82 Å². The van der Waals surface area contributed by atoms with Crippen molar-refractivity contribution < 1.29 is 9.18 Å². The van der Waals surface area contributed by atoms with Gasteiger partial charge >= 0.3 is 0 Å². The fraction of sp³-hybridized carbons (Fsp3) is 0.125. The van der Waals surface area contributed by atoms with E-state index in [4.69, 9.17) is 5.73 Å². The van der Waals surface area contributed by atoms with Crippen molar-refractivity contribution in [3.8, 4) is 11.8 Å². The molecule has 0 atom stereocenters. The average Bonchev–Trinajstić information content (AvgIpc) is 2.53. The Hall–Kier alpha value is -2.71. The Kier molecular flexibility index (Phi) is 4.64. The van der Waals surface area contributed by atoms with Gasteiger partial charge in [-0.3, -0.25) is 9.78 Å². The van der Waals surface area contributed by atoms with Gasteiger partial charge in [-0.2, -0.15) is 0 Å². The summed E-state index contributed by atoms with van der Waals surface area (Å²) >= 11 is 0. The second-order valence-corrected chi connectivity index (χ2v) is 4.27. The van der Waals surface area contributed by atoms with Crippen LogP contribution in [0, 0.1) is 17.7 Å². The van der Waals surface area contributed by atoms with Gasteiger partial charge in [0.15, 0.2) is 0 Å². The van der Waals surface area contributed by atoms with E-state index in [-0.39, 0.29) is 18.0 Å². The summed E-state index contributed by atoms with van der Waals surface area (Å²) in [6, 6.07) is 7.38. The predicted octanol–water partition coefficient (Wildman–Crippen LogP) is 1.81. The number of amides is 1. The largest absolute Gasteiger partial charge is 0.320 e. The molecule has 2 rings (SSSR count). The van der Waals surface area contributed by atoms with Crippen molar-refractivity contribution in [2.24, 2.45) is 5.73 Å². The normalized spacial score (nSPS) is 9.67. The van der Waals surface area contributed by atoms with Crippen LogP contribution in [0.25, 0.3) is 0 Å². The summed E-state index contributed by atoms with van der Waals surface area (Å²) in [4.78, 5) is 17.9. The first kappa shape index (κ1) is 14.7. The number of pyridine rings is 1. The molecule has 106 valence electrons. The molecule has 0 radical (unpaired) electrons. The molecule has 0 aliphatic carbocycles. The van der Waals surface area contributed by atoms with E-state index in [1.54, 1.807) is 31.6 Å². The average molecular weight is 283 g/mol. The first-order chi connectivity index (χ1) is 10.1. The van der Waals surface area contributed by atoms with E-state index in [0.29, 0.717) is 11.3 Å². The smallest absolute Gasteiger partial charge is 0.259 e. The summed E-state index contributed by atoms with van der Waals surface area (Å²) in [6.45, 7) is 0.170. The number of anilines is 1. The van der Waals surface area contributed by atoms with E-state index in [2.05, 4.69) is 16.8 Å². The molecule has 2 aromatic rings. The third kappa shape index (κ3) is 3.44. The number of rotatable bonds is 2. The Morgan fingerprint density at radius 3 is 2.90 bits per heavy atom. The highest BCUT2D eigenvalue weighted by Crippen LogP contribution is 2.17. The molecular formula is C16H14FN3O. The lowest BCUT2D eigenvalue weighted by molar-refractivity contribution is 0.0992. The first-order valence-corrected chi connectivity index (χ1v) is 6.30. The molecule has 1 aromatic heterocycles. The molecule has 1 heterocycles. The Morgan fingerprint density at radius 2 is 2.24 bits per heavy atom. The highest BCUT2D eigenvalue weighted by molar-refractivity contribution is 6.07. The number of carbonyl (C=O) groups excluding carboxylic acids is 1. The van der Waals surface area contributed by atoms with Crippen LogP contribution in [0.15, 0.2) is 42.7 Å². The van der Waals surface area contributed by atoms with Gasteiger partial charge in [0.25, 0.3) is 5.91 Å². The molecule has 5 heteroatoms. The minimum Gasteiger partial charge on any atom is -0.320 e. The second kappa shape index (κ2) is 6.64. The van der Waals surface area contributed by atoms with Gasteiger partial charge in [0, 0.05) is 18.8 Å². The predicted molar refractivity (Wildman–Crippen MR) is 79.3 cm³/mol. The number of halogens is 1. The zero-order chi connectivity index (χ0) is 15.2. The molecule has 1 amide bonds. The maximum Gasteiger partial charge on any atom is 0.259 e. The highest BCUT2D eigenvalue weighted by atomic mass is 19.1. The summed E-state index contributed by atoms with van der Waals surface area (Å²) in [6.07, 6.45) is 3.17. The van der Waals surface area contributed by atoms with Crippen LogP contribution in [-0.2, 0) is 0 Å². The van der Waals surface area contributed by atoms with Gasteiger partial charge < -0.3 is 10.6 Å². The van der Waals surface area contributed by atoms with E-state index in [1.165, 1.54) is 23.1 Å². The third-order valence-corrected chi connectivity index (χ3v) is 2.88. The van der Waals surface area contributed by atoms with E-state index >= 15 is 0 Å². The van der Waals surface area contributed by atoms with Gasteiger partial charge in [-0.05, 0) is 30.3 Å². The molecule has 2 N–H and O–H groups in total. The molecule has 0 saturated heterocycles. The van der Waals surface area contributed by atoms with Crippen molar-refractivity contribution in [1.82, 2.24) is 4.98 Å². The lowest BCUT2D eigenvalue weighted by atomic mass is 10.1. The Bertz CT molecular complexity index is 704. The Morgan fingerprint density at radius 1 is 1.43 bits per heavy atom. The van der Waals surface area contributed by atoms with Gasteiger partial charge in [-0.15, -0.1) is 0 Å². The maximum absolute atomic E-state index is 13.4. The molecule has 0 aliphatic heterocycles. The van der Waals surface area contributed by atoms with Crippen molar-refractivity contribution in [2.45, 2.75) is 0 Å². The zero-order valence-electron chi connectivity index (χ0n) is 11.5. The number of benzene rings is 1. The molecule has 4 nitrogen and oxygen atoms in total. The lowest BCUT2D eigenvalue weighted by Crippen LogP contribution is -2.27. The fourth-order valence-electron chi connectivity index (χ4n) is 1.80. The summed E-state index contributed by atoms with van der Waals surface area (Å²) in [5.74, 6) is 4.61. The van der Waals surface area contributed by atoms with Crippen LogP contribution < -0.4 is 10.6 Å². The summed E-state index contributed by atoms with van der Waals surface area (Å²) < 4.78 is 13.4. The second-order valence-electron chi connectivity index (χ2n) is 4.27. The summed E-state index contributed by atoms with van der Waals surface area (Å²) in [5.41, 5.74) is 6.59. The van der Waals surface area contributed by atoms with Crippen LogP contribution in [-0.4, -0.2) is 24.5 Å². The molecule has 1 aromatic carbocycles. The van der Waals surface area contributed by atoms with Crippen LogP contribution in [0.2, 0.25) is 0 Å². The molecule has 0 unspecified atom stereocenters. The summed E-state index contributed by atoms with van der Waals surface area (Å²) in [5, 5.41) is 0. The number of nitrogens with zero attached hydrogens (tertiary/aromatic N) is 2. The van der Waals surface area contributed by atoms with Crippen molar-refractivity contribution in [3.63, 3.8) is 0 Å². The maximum atomic E-state index is 13.4. The van der Waals surface area contributed by atoms with Crippen LogP contribution >= 0.6 is 0 Å². The number of nitrogens with two attached hydrogens (primary N) is 1. The molecular weight excluding hydrogens is 269 g/mol. The van der Waals surface area contributed by atoms with Gasteiger partial charge in [-0.25, -0.2) is 4.39 Å². The Labute approximate surface area is 122 Å². The first-order valence-electron chi connectivity index (χ1n) is 6.30. The van der Waals surface area contributed by atoms with Crippen molar-refractivity contribution >= 4 is 11.6 Å². The van der Waals surface area contributed by atoms with Gasteiger partial charge in [0.2, 0.25) is 0 Å². The van der Waals surface area contributed by atoms with Crippen LogP contribution in [0.5, 0.6) is 0 Å². The van der Waals surface area contributed by atoms with Crippen LogP contribution in [0.4, 0.5) is 10.1 Å². The number of aromatic nitrogens is 1. The van der Waals surface area contributed by atoms with Crippen LogP contribution in [0.1, 0.15) is 15.9 Å². The molecule has 0 saturated carbocycles. The molecule has 0 fully saturated rings. The highest BCUT2D eigenvalue weighted by Gasteiger charge is 2.17. The van der Waals surface area contributed by atoms with Crippen molar-refractivity contribution in [2.75, 3.05) is 18.5 Å². The monoisotopic (exact) mass is 283 g/mol. The standard InChI is InChI=1S/C16H14FN3O/c1-20(14-5-3-9-19-11-14)16(21)15-10-13(17)7-6-12(15)4-2-8-18/h3,5-7,9-11H,8,18H2,1H3. The fourth-order valence-corrected chi connectivity index (χ4v) is 1.80. The minimum absolute atomic E-state index is 0.170. The molecule has 0 bridgehead atoms. The zero-order valence-corrected chi connectivity index (χ0v) is 11.5. The number of carbonyl (C=O) groups is 1. The third-order valence-electron chi connectivity index (χ3n) is 2.88. The Balaban J connectivity index is 2.40. The van der Waals surface area contributed by atoms with E-state index in [9.17, 15) is 9.18 Å². The molecule has 21 heavy (non-hydrogen) atoms. The van der Waals surface area contributed by atoms with Crippen molar-refractivity contribution in [1.29, 1.82) is 0 Å². The number of hydrogen-bond donors (Lipinski definition) is 1. The SMILES string of the molecule is CN(C(=O)c1cc(F)ccc1C#CCN)c1cccnc1. The number of hydrogen-bond acceptors (Lipinski definition) is 3. The molecule has 0 spiro atoms. The topological polar surface area (TPSA) is 59.2 Å². The van der Waals surface area contributed by atoms with Gasteiger partial charge in [0.05, 0.1) is 24.0 Å². The minimum atomic E-state index is -0.490.